The summed E-state index contributed by atoms with van der Waals surface area (Å²) in [4.78, 5) is 14.1. The number of rotatable bonds is 1. The van der Waals surface area contributed by atoms with E-state index < -0.39 is 17.3 Å². The van der Waals surface area contributed by atoms with Gasteiger partial charge in [0.15, 0.2) is 0 Å². The van der Waals surface area contributed by atoms with Crippen LogP contribution in [0, 0.1) is 0 Å². The third-order valence-electron chi connectivity index (χ3n) is 4.31. The highest BCUT2D eigenvalue weighted by atomic mass is 19.4. The normalized spacial score (nSPS) is 20.4. The zero-order valence-corrected chi connectivity index (χ0v) is 11.0. The molecule has 108 valence electrons. The van der Waals surface area contributed by atoms with Crippen molar-refractivity contribution in [3.63, 3.8) is 0 Å². The Bertz CT molecular complexity index is 564. The van der Waals surface area contributed by atoms with Crippen molar-refractivity contribution >= 4 is 17.3 Å². The fourth-order valence-corrected chi connectivity index (χ4v) is 3.20. The highest BCUT2D eigenvalue weighted by Gasteiger charge is 2.53. The number of likely N-dealkylation sites (N-methyl/N-ethyl adjacent to an activating group) is 1. The smallest absolute Gasteiger partial charge is 0.356 e. The lowest BCUT2D eigenvalue weighted by atomic mass is 9.72. The van der Waals surface area contributed by atoms with Crippen molar-refractivity contribution in [3.8, 4) is 0 Å². The molecule has 1 heterocycles. The molecule has 3 rings (SSSR count). The molecule has 1 fully saturated rings. The topological polar surface area (TPSA) is 32.3 Å². The standard InChI is InChI=1S/C14H15F3N2O/c1-2-19-10-6-3-5-9(14(15,16)17)11(10)18-12(20)13(19)7-4-8-13/h3,5-6H,2,4,7-8H2,1H3,(H,18,20). The largest absolute Gasteiger partial charge is 0.418 e. The zero-order valence-electron chi connectivity index (χ0n) is 11.0. The first-order valence-electron chi connectivity index (χ1n) is 6.69. The first-order chi connectivity index (χ1) is 9.40. The van der Waals surface area contributed by atoms with E-state index in [1.807, 2.05) is 11.8 Å². The number of benzene rings is 1. The lowest BCUT2D eigenvalue weighted by Crippen LogP contribution is -2.64. The molecular weight excluding hydrogens is 269 g/mol. The maximum absolute atomic E-state index is 13.1. The number of para-hydroxylation sites is 1. The summed E-state index contributed by atoms with van der Waals surface area (Å²) in [6.07, 6.45) is -2.15. The molecule has 1 spiro atoms. The molecule has 0 bridgehead atoms. The number of hydrogen-bond donors (Lipinski definition) is 1. The van der Waals surface area contributed by atoms with Crippen molar-refractivity contribution in [2.75, 3.05) is 16.8 Å². The molecule has 0 saturated heterocycles. The van der Waals surface area contributed by atoms with Gasteiger partial charge in [0.05, 0.1) is 16.9 Å². The number of fused-ring (bicyclic) bond motifs is 1. The van der Waals surface area contributed by atoms with Gasteiger partial charge < -0.3 is 10.2 Å². The van der Waals surface area contributed by atoms with Crippen LogP contribution in [0.5, 0.6) is 0 Å². The van der Waals surface area contributed by atoms with E-state index >= 15 is 0 Å². The van der Waals surface area contributed by atoms with Crippen molar-refractivity contribution < 1.29 is 18.0 Å². The van der Waals surface area contributed by atoms with E-state index in [4.69, 9.17) is 0 Å². The minimum atomic E-state index is -4.47. The fourth-order valence-electron chi connectivity index (χ4n) is 3.20. The lowest BCUT2D eigenvalue weighted by molar-refractivity contribution is -0.137. The molecule has 1 amide bonds. The van der Waals surface area contributed by atoms with E-state index in [1.54, 1.807) is 6.07 Å². The third kappa shape index (κ3) is 1.63. The van der Waals surface area contributed by atoms with Crippen LogP contribution in [0.3, 0.4) is 0 Å². The first kappa shape index (κ1) is 13.3. The molecule has 3 nitrogen and oxygen atoms in total. The first-order valence-corrected chi connectivity index (χ1v) is 6.69. The zero-order chi connectivity index (χ0) is 14.5. The average molecular weight is 284 g/mol. The van der Waals surface area contributed by atoms with Gasteiger partial charge in [0.1, 0.15) is 5.54 Å². The second-order valence-electron chi connectivity index (χ2n) is 5.28. The maximum atomic E-state index is 13.1. The van der Waals surface area contributed by atoms with Gasteiger partial charge in [-0.25, -0.2) is 0 Å². The predicted octanol–water partition coefficient (Wildman–Crippen LogP) is 3.41. The van der Waals surface area contributed by atoms with Crippen molar-refractivity contribution in [2.24, 2.45) is 0 Å². The molecule has 1 aliphatic carbocycles. The van der Waals surface area contributed by atoms with Crippen molar-refractivity contribution in [2.45, 2.75) is 37.9 Å². The van der Waals surface area contributed by atoms with Crippen molar-refractivity contribution in [1.82, 2.24) is 0 Å². The summed E-state index contributed by atoms with van der Waals surface area (Å²) in [5.74, 6) is -0.310. The number of alkyl halides is 3. The van der Waals surface area contributed by atoms with E-state index in [9.17, 15) is 18.0 Å². The van der Waals surface area contributed by atoms with Gasteiger partial charge in [0.2, 0.25) is 5.91 Å². The van der Waals surface area contributed by atoms with E-state index in [0.717, 1.165) is 12.5 Å². The quantitative estimate of drug-likeness (QED) is 0.857. The Hall–Kier alpha value is -1.72. The van der Waals surface area contributed by atoms with Crippen LogP contribution in [0.2, 0.25) is 0 Å². The molecule has 0 radical (unpaired) electrons. The summed E-state index contributed by atoms with van der Waals surface area (Å²) in [7, 11) is 0. The van der Waals surface area contributed by atoms with Gasteiger partial charge in [-0.05, 0) is 38.3 Å². The van der Waals surface area contributed by atoms with E-state index in [-0.39, 0.29) is 11.6 Å². The molecule has 0 atom stereocenters. The number of nitrogens with one attached hydrogen (secondary N) is 1. The molecule has 1 saturated carbocycles. The molecule has 0 aromatic heterocycles. The minimum absolute atomic E-state index is 0.107. The van der Waals surface area contributed by atoms with Gasteiger partial charge in [-0.1, -0.05) is 6.07 Å². The summed E-state index contributed by atoms with van der Waals surface area (Å²) in [6, 6.07) is 4.05. The Morgan fingerprint density at radius 2 is 2.05 bits per heavy atom. The summed E-state index contributed by atoms with van der Waals surface area (Å²) < 4.78 is 39.2. The fraction of sp³-hybridized carbons (Fsp3) is 0.500. The highest BCUT2D eigenvalue weighted by Crippen LogP contribution is 2.49. The van der Waals surface area contributed by atoms with Gasteiger partial charge in [-0.3, -0.25) is 4.79 Å². The van der Waals surface area contributed by atoms with Gasteiger partial charge >= 0.3 is 6.18 Å². The monoisotopic (exact) mass is 284 g/mol. The molecule has 1 aromatic rings. The minimum Gasteiger partial charge on any atom is -0.356 e. The molecule has 0 unspecified atom stereocenters. The highest BCUT2D eigenvalue weighted by molar-refractivity contribution is 6.08. The summed E-state index contributed by atoms with van der Waals surface area (Å²) >= 11 is 0. The van der Waals surface area contributed by atoms with Crippen LogP contribution in [0.4, 0.5) is 24.5 Å². The number of hydrogen-bond acceptors (Lipinski definition) is 2. The van der Waals surface area contributed by atoms with Crippen LogP contribution in [0.1, 0.15) is 31.7 Å². The Kier molecular flexibility index (Phi) is 2.74. The van der Waals surface area contributed by atoms with E-state index in [0.29, 0.717) is 25.1 Å². The molecule has 1 aliphatic heterocycles. The van der Waals surface area contributed by atoms with Crippen LogP contribution in [-0.2, 0) is 11.0 Å². The third-order valence-corrected chi connectivity index (χ3v) is 4.31. The lowest BCUT2D eigenvalue weighted by Gasteiger charge is -2.53. The Morgan fingerprint density at radius 3 is 2.55 bits per heavy atom. The van der Waals surface area contributed by atoms with Crippen LogP contribution >= 0.6 is 0 Å². The van der Waals surface area contributed by atoms with Crippen molar-refractivity contribution in [3.05, 3.63) is 23.8 Å². The number of carbonyl (C=O) groups excluding carboxylic acids is 1. The Balaban J connectivity index is 2.16. The summed E-state index contributed by atoms with van der Waals surface area (Å²) in [6.45, 7) is 2.38. The SMILES string of the molecule is CCN1c2cccc(C(F)(F)F)c2NC(=O)C12CCC2. The number of amides is 1. The molecule has 1 N–H and O–H groups in total. The molecule has 6 heteroatoms. The number of halogens is 3. The molecular formula is C14H15F3N2O. The second kappa shape index (κ2) is 4.14. The van der Waals surface area contributed by atoms with Crippen LogP contribution in [-0.4, -0.2) is 18.0 Å². The summed E-state index contributed by atoms with van der Waals surface area (Å²) in [5, 5.41) is 2.49. The van der Waals surface area contributed by atoms with E-state index in [2.05, 4.69) is 5.32 Å². The number of anilines is 2. The van der Waals surface area contributed by atoms with Gasteiger partial charge in [-0.15, -0.1) is 0 Å². The molecule has 1 aromatic carbocycles. The Labute approximate surface area is 114 Å². The predicted molar refractivity (Wildman–Crippen MR) is 69.7 cm³/mol. The van der Waals surface area contributed by atoms with E-state index in [1.165, 1.54) is 6.07 Å². The average Bonchev–Trinajstić information content (AvgIpc) is 2.32. The van der Waals surface area contributed by atoms with Crippen molar-refractivity contribution in [1.29, 1.82) is 0 Å². The van der Waals surface area contributed by atoms with Gasteiger partial charge in [0.25, 0.3) is 0 Å². The van der Waals surface area contributed by atoms with Crippen LogP contribution in [0.15, 0.2) is 18.2 Å². The maximum Gasteiger partial charge on any atom is 0.418 e. The molecule has 20 heavy (non-hydrogen) atoms. The Morgan fingerprint density at radius 1 is 1.35 bits per heavy atom. The number of carbonyl (C=O) groups is 1. The van der Waals surface area contributed by atoms with Crippen LogP contribution in [0.25, 0.3) is 0 Å². The van der Waals surface area contributed by atoms with Gasteiger partial charge in [0, 0.05) is 6.54 Å². The van der Waals surface area contributed by atoms with Gasteiger partial charge in [-0.2, -0.15) is 13.2 Å². The summed E-state index contributed by atoms with van der Waals surface area (Å²) in [5.41, 5.74) is -1.06. The second-order valence-corrected chi connectivity index (χ2v) is 5.28. The van der Waals surface area contributed by atoms with Crippen LogP contribution < -0.4 is 10.2 Å². The number of nitrogens with zero attached hydrogens (tertiary/aromatic N) is 1. The molecule has 2 aliphatic rings.